The van der Waals surface area contributed by atoms with Crippen molar-refractivity contribution in [1.29, 1.82) is 0 Å². The molecule has 8 heteroatoms. The average molecular weight is 419 g/mol. The van der Waals surface area contributed by atoms with Crippen LogP contribution in [0.3, 0.4) is 0 Å². The number of carbonyl (C=O) groups is 2. The second-order valence-electron chi connectivity index (χ2n) is 6.76. The molecule has 2 aromatic rings. The largest absolute Gasteiger partial charge is 0.369 e. The van der Waals surface area contributed by atoms with E-state index in [-0.39, 0.29) is 17.7 Å². The molecule has 0 radical (unpaired) electrons. The van der Waals surface area contributed by atoms with Gasteiger partial charge in [-0.3, -0.25) is 9.59 Å². The first-order valence-corrected chi connectivity index (χ1v) is 10.7. The Hall–Kier alpha value is -2.25. The van der Waals surface area contributed by atoms with Crippen LogP contribution in [0.25, 0.3) is 0 Å². The first-order chi connectivity index (χ1) is 13.5. The van der Waals surface area contributed by atoms with Crippen molar-refractivity contribution in [3.63, 3.8) is 0 Å². The summed E-state index contributed by atoms with van der Waals surface area (Å²) in [4.78, 5) is 30.0. The van der Waals surface area contributed by atoms with Crippen molar-refractivity contribution >= 4 is 46.7 Å². The number of benzene rings is 1. The third kappa shape index (κ3) is 5.87. The normalized spacial score (nSPS) is 16.6. The Kier molecular flexibility index (Phi) is 7.17. The molecule has 1 aromatic heterocycles. The average Bonchev–Trinajstić information content (AvgIpc) is 2.69. The fourth-order valence-electron chi connectivity index (χ4n) is 3.15. The van der Waals surface area contributed by atoms with Crippen molar-refractivity contribution in [2.45, 2.75) is 18.6 Å². The van der Waals surface area contributed by atoms with Crippen molar-refractivity contribution in [3.8, 4) is 0 Å². The van der Waals surface area contributed by atoms with Gasteiger partial charge in [0.1, 0.15) is 5.82 Å². The Morgan fingerprint density at radius 2 is 2.18 bits per heavy atom. The smallest absolute Gasteiger partial charge is 0.234 e. The predicted octanol–water partition coefficient (Wildman–Crippen LogP) is 3.31. The van der Waals surface area contributed by atoms with Crippen molar-refractivity contribution in [3.05, 3.63) is 53.2 Å². The fraction of sp³-hybridized carbons (Fsp3) is 0.350. The van der Waals surface area contributed by atoms with Crippen LogP contribution in [0.2, 0.25) is 5.02 Å². The highest BCUT2D eigenvalue weighted by atomic mass is 35.5. The number of primary amides is 1. The standard InChI is InChI=1S/C20H23ClN4O2S/c21-16-5-1-3-14(9-16)12-28-13-19(26)24-17-6-7-18(23-10-17)25-8-2-4-15(11-25)20(22)27/h1,3,5-7,9-10,15H,2,4,8,11-13H2,(H2,22,27)(H,24,26). The molecule has 3 rings (SSSR count). The maximum absolute atomic E-state index is 12.1. The van der Waals surface area contributed by atoms with Gasteiger partial charge in [-0.1, -0.05) is 23.7 Å². The van der Waals surface area contributed by atoms with Crippen molar-refractivity contribution in [1.82, 2.24) is 4.98 Å². The van der Waals surface area contributed by atoms with Crippen LogP contribution in [-0.2, 0) is 15.3 Å². The minimum Gasteiger partial charge on any atom is -0.369 e. The molecule has 0 spiro atoms. The summed E-state index contributed by atoms with van der Waals surface area (Å²) in [5.41, 5.74) is 7.17. The molecule has 0 saturated carbocycles. The number of thioether (sulfide) groups is 1. The van der Waals surface area contributed by atoms with Gasteiger partial charge in [0.25, 0.3) is 0 Å². The molecule has 1 saturated heterocycles. The van der Waals surface area contributed by atoms with Gasteiger partial charge in [-0.2, -0.15) is 0 Å². The zero-order valence-corrected chi connectivity index (χ0v) is 17.0. The number of nitrogens with two attached hydrogens (primary N) is 1. The highest BCUT2D eigenvalue weighted by Crippen LogP contribution is 2.22. The minimum absolute atomic E-state index is 0.0756. The van der Waals surface area contributed by atoms with E-state index in [2.05, 4.69) is 15.2 Å². The lowest BCUT2D eigenvalue weighted by Crippen LogP contribution is -2.41. The molecule has 148 valence electrons. The number of piperidine rings is 1. The summed E-state index contributed by atoms with van der Waals surface area (Å²) in [5, 5.41) is 3.55. The van der Waals surface area contributed by atoms with Crippen LogP contribution >= 0.6 is 23.4 Å². The molecule has 28 heavy (non-hydrogen) atoms. The third-order valence-electron chi connectivity index (χ3n) is 4.57. The molecule has 1 aliphatic rings. The molecule has 6 nitrogen and oxygen atoms in total. The van der Waals surface area contributed by atoms with Gasteiger partial charge < -0.3 is 16.0 Å². The number of nitrogens with one attached hydrogen (secondary N) is 1. The number of hydrogen-bond acceptors (Lipinski definition) is 5. The van der Waals surface area contributed by atoms with E-state index >= 15 is 0 Å². The zero-order valence-electron chi connectivity index (χ0n) is 15.4. The van der Waals surface area contributed by atoms with Crippen molar-refractivity contribution < 1.29 is 9.59 Å². The maximum Gasteiger partial charge on any atom is 0.234 e. The first-order valence-electron chi connectivity index (χ1n) is 9.13. The van der Waals surface area contributed by atoms with E-state index in [1.54, 1.807) is 6.20 Å². The lowest BCUT2D eigenvalue weighted by molar-refractivity contribution is -0.122. The molecule has 1 atom stereocenters. The number of aromatic nitrogens is 1. The second-order valence-corrected chi connectivity index (χ2v) is 8.19. The van der Waals surface area contributed by atoms with Crippen molar-refractivity contribution in [2.75, 3.05) is 29.1 Å². The molecule has 0 bridgehead atoms. The Bertz CT molecular complexity index is 831. The monoisotopic (exact) mass is 418 g/mol. The summed E-state index contributed by atoms with van der Waals surface area (Å²) in [6.45, 7) is 1.44. The molecule has 1 aliphatic heterocycles. The molecule has 3 N–H and O–H groups in total. The van der Waals surface area contributed by atoms with Crippen LogP contribution < -0.4 is 16.0 Å². The number of rotatable bonds is 7. The zero-order chi connectivity index (χ0) is 19.9. The Balaban J connectivity index is 1.47. The van der Waals surface area contributed by atoms with E-state index in [1.807, 2.05) is 36.4 Å². The van der Waals surface area contributed by atoms with E-state index in [0.717, 1.165) is 36.5 Å². The molecular formula is C20H23ClN4O2S. The highest BCUT2D eigenvalue weighted by molar-refractivity contribution is 7.99. The number of nitrogens with zero attached hydrogens (tertiary/aromatic N) is 2. The van der Waals surface area contributed by atoms with Crippen LogP contribution in [0.1, 0.15) is 18.4 Å². The third-order valence-corrected chi connectivity index (χ3v) is 5.81. The van der Waals surface area contributed by atoms with Gasteiger partial charge in [0.05, 0.1) is 23.6 Å². The molecule has 2 heterocycles. The van der Waals surface area contributed by atoms with Gasteiger partial charge in [0.2, 0.25) is 11.8 Å². The van der Waals surface area contributed by atoms with Crippen LogP contribution in [0.5, 0.6) is 0 Å². The Morgan fingerprint density at radius 3 is 2.89 bits per heavy atom. The van der Waals surface area contributed by atoms with E-state index in [9.17, 15) is 9.59 Å². The summed E-state index contributed by atoms with van der Waals surface area (Å²) >= 11 is 7.49. The van der Waals surface area contributed by atoms with Crippen molar-refractivity contribution in [2.24, 2.45) is 11.7 Å². The maximum atomic E-state index is 12.1. The number of pyridine rings is 1. The lowest BCUT2D eigenvalue weighted by atomic mass is 9.97. The molecule has 1 unspecified atom stereocenters. The summed E-state index contributed by atoms with van der Waals surface area (Å²) in [7, 11) is 0. The predicted molar refractivity (Wildman–Crippen MR) is 115 cm³/mol. The molecular weight excluding hydrogens is 396 g/mol. The van der Waals surface area contributed by atoms with E-state index in [0.29, 0.717) is 23.0 Å². The van der Waals surface area contributed by atoms with Crippen LogP contribution in [0, 0.1) is 5.92 Å². The Labute approximate surface area is 173 Å². The van der Waals surface area contributed by atoms with Crippen LogP contribution in [0.15, 0.2) is 42.6 Å². The number of halogens is 1. The van der Waals surface area contributed by atoms with Crippen LogP contribution in [-0.4, -0.2) is 35.6 Å². The molecule has 2 amide bonds. The quantitative estimate of drug-likeness (QED) is 0.720. The van der Waals surface area contributed by atoms with Gasteiger partial charge in [0.15, 0.2) is 0 Å². The SMILES string of the molecule is NC(=O)C1CCCN(c2ccc(NC(=O)CSCc3cccc(Cl)c3)cn2)C1. The summed E-state index contributed by atoms with van der Waals surface area (Å²) in [6, 6.07) is 11.3. The van der Waals surface area contributed by atoms with Gasteiger partial charge in [-0.05, 0) is 42.7 Å². The molecule has 1 aromatic carbocycles. The fourth-order valence-corrected chi connectivity index (χ4v) is 4.14. The van der Waals surface area contributed by atoms with Gasteiger partial charge in [-0.15, -0.1) is 11.8 Å². The van der Waals surface area contributed by atoms with Gasteiger partial charge in [-0.25, -0.2) is 4.98 Å². The van der Waals surface area contributed by atoms with E-state index in [4.69, 9.17) is 17.3 Å². The number of hydrogen-bond donors (Lipinski definition) is 2. The lowest BCUT2D eigenvalue weighted by Gasteiger charge is -2.32. The Morgan fingerprint density at radius 1 is 1.32 bits per heavy atom. The first kappa shape index (κ1) is 20.5. The van der Waals surface area contributed by atoms with Crippen LogP contribution in [0.4, 0.5) is 11.5 Å². The summed E-state index contributed by atoms with van der Waals surface area (Å²) in [6.07, 6.45) is 3.38. The van der Waals surface area contributed by atoms with E-state index in [1.165, 1.54) is 11.8 Å². The number of carbonyl (C=O) groups excluding carboxylic acids is 2. The molecule has 1 fully saturated rings. The number of anilines is 2. The van der Waals surface area contributed by atoms with E-state index < -0.39 is 0 Å². The van der Waals surface area contributed by atoms with Gasteiger partial charge >= 0.3 is 0 Å². The topological polar surface area (TPSA) is 88.3 Å². The number of amides is 2. The van der Waals surface area contributed by atoms with Gasteiger partial charge in [0, 0.05) is 23.9 Å². The highest BCUT2D eigenvalue weighted by Gasteiger charge is 2.24. The minimum atomic E-state index is -0.260. The second kappa shape index (κ2) is 9.80. The molecule has 0 aliphatic carbocycles. The summed E-state index contributed by atoms with van der Waals surface area (Å²) in [5.74, 6) is 1.39. The summed E-state index contributed by atoms with van der Waals surface area (Å²) < 4.78 is 0.